The number of para-hydroxylation sites is 1. The van der Waals surface area contributed by atoms with Gasteiger partial charge in [-0.1, -0.05) is 12.1 Å². The smallest absolute Gasteiger partial charge is 0.354 e. The van der Waals surface area contributed by atoms with E-state index < -0.39 is 5.97 Å². The van der Waals surface area contributed by atoms with Crippen molar-refractivity contribution in [2.45, 2.75) is 0 Å². The van der Waals surface area contributed by atoms with E-state index in [1.165, 1.54) is 6.07 Å². The van der Waals surface area contributed by atoms with Gasteiger partial charge in [0.25, 0.3) is 0 Å². The molecule has 0 unspecified atom stereocenters. The third kappa shape index (κ3) is 2.03. The summed E-state index contributed by atoms with van der Waals surface area (Å²) >= 11 is 0. The van der Waals surface area contributed by atoms with E-state index >= 15 is 0 Å². The third-order valence-electron chi connectivity index (χ3n) is 2.31. The maximum Gasteiger partial charge on any atom is 0.354 e. The van der Waals surface area contributed by atoms with Crippen LogP contribution in [-0.4, -0.2) is 21.2 Å². The van der Waals surface area contributed by atoms with Gasteiger partial charge in [-0.3, -0.25) is 0 Å². The predicted molar refractivity (Wildman–Crippen MR) is 62.7 cm³/mol. The van der Waals surface area contributed by atoms with Crippen molar-refractivity contribution in [1.82, 2.24) is 4.98 Å². The van der Waals surface area contributed by atoms with Crippen molar-refractivity contribution >= 4 is 11.7 Å². The number of aromatic nitrogens is 1. The standard InChI is InChI=1S/C12H10N2O3/c13-8-4-1-3-7(11(8)15)9-5-2-6-10(14-9)12(16)17/h1-6,15H,13H2,(H,16,17). The monoisotopic (exact) mass is 230 g/mol. The highest BCUT2D eigenvalue weighted by Gasteiger charge is 2.10. The molecule has 0 amide bonds. The van der Waals surface area contributed by atoms with Crippen molar-refractivity contribution in [1.29, 1.82) is 0 Å². The number of aromatic hydroxyl groups is 1. The van der Waals surface area contributed by atoms with E-state index in [9.17, 15) is 9.90 Å². The van der Waals surface area contributed by atoms with Crippen LogP contribution in [0.4, 0.5) is 5.69 Å². The molecule has 0 saturated carbocycles. The van der Waals surface area contributed by atoms with Crippen LogP contribution < -0.4 is 5.73 Å². The molecule has 2 rings (SSSR count). The van der Waals surface area contributed by atoms with E-state index in [0.717, 1.165) is 0 Å². The van der Waals surface area contributed by atoms with Gasteiger partial charge in [-0.15, -0.1) is 0 Å². The van der Waals surface area contributed by atoms with Crippen LogP contribution in [0, 0.1) is 0 Å². The Labute approximate surface area is 97.2 Å². The summed E-state index contributed by atoms with van der Waals surface area (Å²) in [6.07, 6.45) is 0. The average molecular weight is 230 g/mol. The molecule has 0 aliphatic heterocycles. The van der Waals surface area contributed by atoms with Crippen molar-refractivity contribution in [3.05, 3.63) is 42.1 Å². The number of rotatable bonds is 2. The first-order valence-electron chi connectivity index (χ1n) is 4.88. The first kappa shape index (κ1) is 10.9. The molecule has 0 aliphatic carbocycles. The summed E-state index contributed by atoms with van der Waals surface area (Å²) in [6, 6.07) is 9.41. The van der Waals surface area contributed by atoms with Crippen LogP contribution in [-0.2, 0) is 0 Å². The summed E-state index contributed by atoms with van der Waals surface area (Å²) in [5, 5.41) is 18.6. The molecule has 2 aromatic rings. The second kappa shape index (κ2) is 4.13. The fourth-order valence-corrected chi connectivity index (χ4v) is 1.47. The number of nitrogen functional groups attached to an aromatic ring is 1. The molecular formula is C12H10N2O3. The Morgan fingerprint density at radius 1 is 1.18 bits per heavy atom. The van der Waals surface area contributed by atoms with Crippen LogP contribution in [0.25, 0.3) is 11.3 Å². The number of hydrogen-bond donors (Lipinski definition) is 3. The zero-order chi connectivity index (χ0) is 12.4. The normalized spacial score (nSPS) is 10.1. The first-order valence-corrected chi connectivity index (χ1v) is 4.88. The highest BCUT2D eigenvalue weighted by atomic mass is 16.4. The number of phenolic OH excluding ortho intramolecular Hbond substituents is 1. The van der Waals surface area contributed by atoms with Crippen molar-refractivity contribution in [3.63, 3.8) is 0 Å². The maximum atomic E-state index is 10.8. The summed E-state index contributed by atoms with van der Waals surface area (Å²) < 4.78 is 0. The lowest BCUT2D eigenvalue weighted by atomic mass is 10.1. The van der Waals surface area contributed by atoms with Crippen LogP contribution in [0.5, 0.6) is 5.75 Å². The van der Waals surface area contributed by atoms with Gasteiger partial charge in [-0.2, -0.15) is 0 Å². The van der Waals surface area contributed by atoms with Gasteiger partial charge in [0.1, 0.15) is 11.4 Å². The van der Waals surface area contributed by atoms with E-state index in [2.05, 4.69) is 4.98 Å². The molecule has 86 valence electrons. The summed E-state index contributed by atoms with van der Waals surface area (Å²) in [5.41, 5.74) is 6.49. The van der Waals surface area contributed by atoms with Crippen molar-refractivity contribution < 1.29 is 15.0 Å². The van der Waals surface area contributed by atoms with Crippen molar-refractivity contribution in [2.24, 2.45) is 0 Å². The lowest BCUT2D eigenvalue weighted by Gasteiger charge is -2.06. The summed E-state index contributed by atoms with van der Waals surface area (Å²) in [5.74, 6) is -1.21. The number of nitrogens with zero attached hydrogens (tertiary/aromatic N) is 1. The highest BCUT2D eigenvalue weighted by Crippen LogP contribution is 2.32. The Balaban J connectivity index is 2.57. The van der Waals surface area contributed by atoms with Crippen LogP contribution in [0.15, 0.2) is 36.4 Å². The predicted octanol–water partition coefficient (Wildman–Crippen LogP) is 1.73. The second-order valence-electron chi connectivity index (χ2n) is 3.46. The van der Waals surface area contributed by atoms with Gasteiger partial charge in [-0.05, 0) is 24.3 Å². The summed E-state index contributed by atoms with van der Waals surface area (Å²) in [4.78, 5) is 14.7. The molecule has 0 atom stereocenters. The molecule has 0 saturated heterocycles. The number of carboxylic acid groups (broad SMARTS) is 1. The minimum Gasteiger partial charge on any atom is -0.505 e. The van der Waals surface area contributed by atoms with Crippen LogP contribution in [0.1, 0.15) is 10.5 Å². The summed E-state index contributed by atoms with van der Waals surface area (Å²) in [6.45, 7) is 0. The minimum atomic E-state index is -1.12. The van der Waals surface area contributed by atoms with Gasteiger partial charge in [0, 0.05) is 5.56 Å². The van der Waals surface area contributed by atoms with Crippen LogP contribution in [0.3, 0.4) is 0 Å². The molecule has 17 heavy (non-hydrogen) atoms. The molecule has 0 fully saturated rings. The quantitative estimate of drug-likeness (QED) is 0.539. The van der Waals surface area contributed by atoms with E-state index in [1.54, 1.807) is 30.3 Å². The fraction of sp³-hybridized carbons (Fsp3) is 0. The minimum absolute atomic E-state index is 0.0793. The topological polar surface area (TPSA) is 96.4 Å². The molecule has 1 aromatic heterocycles. The number of hydrogen-bond acceptors (Lipinski definition) is 4. The van der Waals surface area contributed by atoms with Gasteiger partial charge >= 0.3 is 5.97 Å². The molecule has 1 heterocycles. The van der Waals surface area contributed by atoms with Gasteiger partial charge in [-0.25, -0.2) is 9.78 Å². The number of nitrogens with two attached hydrogens (primary N) is 1. The number of carbonyl (C=O) groups is 1. The van der Waals surface area contributed by atoms with Gasteiger partial charge in [0.15, 0.2) is 0 Å². The molecule has 0 bridgehead atoms. The van der Waals surface area contributed by atoms with E-state index in [1.807, 2.05) is 0 Å². The van der Waals surface area contributed by atoms with Crippen LogP contribution in [0.2, 0.25) is 0 Å². The van der Waals surface area contributed by atoms with E-state index in [4.69, 9.17) is 10.8 Å². The molecule has 0 aliphatic rings. The van der Waals surface area contributed by atoms with E-state index in [-0.39, 0.29) is 17.1 Å². The Morgan fingerprint density at radius 2 is 1.88 bits per heavy atom. The van der Waals surface area contributed by atoms with Gasteiger partial charge < -0.3 is 15.9 Å². The molecule has 0 spiro atoms. The molecule has 4 N–H and O–H groups in total. The largest absolute Gasteiger partial charge is 0.505 e. The highest BCUT2D eigenvalue weighted by molar-refractivity contribution is 5.86. The number of phenols is 1. The zero-order valence-corrected chi connectivity index (χ0v) is 8.79. The Morgan fingerprint density at radius 3 is 2.59 bits per heavy atom. The maximum absolute atomic E-state index is 10.8. The lowest BCUT2D eigenvalue weighted by Crippen LogP contribution is -2.00. The van der Waals surface area contributed by atoms with Crippen molar-refractivity contribution in [2.75, 3.05) is 5.73 Å². The average Bonchev–Trinajstić information content (AvgIpc) is 2.33. The fourth-order valence-electron chi connectivity index (χ4n) is 1.47. The Bertz CT molecular complexity index is 582. The molecule has 0 radical (unpaired) electrons. The number of aromatic carboxylic acids is 1. The lowest BCUT2D eigenvalue weighted by molar-refractivity contribution is 0.0690. The van der Waals surface area contributed by atoms with Gasteiger partial charge in [0.05, 0.1) is 11.4 Å². The molecule has 5 nitrogen and oxygen atoms in total. The third-order valence-corrected chi connectivity index (χ3v) is 2.31. The molecule has 1 aromatic carbocycles. The van der Waals surface area contributed by atoms with E-state index in [0.29, 0.717) is 11.3 Å². The number of pyridine rings is 1. The Kier molecular flexibility index (Phi) is 2.66. The van der Waals surface area contributed by atoms with Crippen LogP contribution >= 0.6 is 0 Å². The SMILES string of the molecule is Nc1cccc(-c2cccc(C(=O)O)n2)c1O. The zero-order valence-electron chi connectivity index (χ0n) is 8.79. The summed E-state index contributed by atoms with van der Waals surface area (Å²) in [7, 11) is 0. The Hall–Kier alpha value is -2.56. The van der Waals surface area contributed by atoms with Gasteiger partial charge in [0.2, 0.25) is 0 Å². The number of benzene rings is 1. The molecule has 5 heteroatoms. The van der Waals surface area contributed by atoms with Crippen molar-refractivity contribution in [3.8, 4) is 17.0 Å². The number of carboxylic acids is 1. The second-order valence-corrected chi connectivity index (χ2v) is 3.46. The molecular weight excluding hydrogens is 220 g/mol. The number of anilines is 1. The first-order chi connectivity index (χ1) is 8.09.